The van der Waals surface area contributed by atoms with Gasteiger partial charge in [-0.3, -0.25) is 9.56 Å². The Morgan fingerprint density at radius 1 is 1.21 bits per heavy atom. The van der Waals surface area contributed by atoms with Crippen LogP contribution in [-0.2, 0) is 6.54 Å². The quantitative estimate of drug-likeness (QED) is 0.787. The highest BCUT2D eigenvalue weighted by Gasteiger charge is 2.17. The number of para-hydroxylation sites is 1. The van der Waals surface area contributed by atoms with Crippen molar-refractivity contribution in [3.63, 3.8) is 0 Å². The molecule has 0 saturated heterocycles. The summed E-state index contributed by atoms with van der Waals surface area (Å²) in [6.07, 6.45) is 6.51. The highest BCUT2D eigenvalue weighted by Crippen LogP contribution is 2.22. The summed E-state index contributed by atoms with van der Waals surface area (Å²) in [7, 11) is 0. The van der Waals surface area contributed by atoms with Gasteiger partial charge in [-0.2, -0.15) is 0 Å². The number of hydrogen-bond donors (Lipinski definition) is 0. The van der Waals surface area contributed by atoms with E-state index >= 15 is 0 Å². The molecule has 2 heterocycles. The first kappa shape index (κ1) is 12.1. The van der Waals surface area contributed by atoms with E-state index in [1.165, 1.54) is 30.5 Å². The van der Waals surface area contributed by atoms with E-state index in [4.69, 9.17) is 4.99 Å². The summed E-state index contributed by atoms with van der Waals surface area (Å²) in [6, 6.07) is 8.39. The molecule has 0 amide bonds. The highest BCUT2D eigenvalue weighted by atomic mass is 15.3. The van der Waals surface area contributed by atoms with E-state index in [0.717, 1.165) is 17.9 Å². The van der Waals surface area contributed by atoms with Crippen LogP contribution in [0.4, 0.5) is 0 Å². The second-order valence-electron chi connectivity index (χ2n) is 4.85. The molecule has 0 atom stereocenters. The molecule has 3 rings (SSSR count). The Hall–Kier alpha value is -1.97. The zero-order valence-electron chi connectivity index (χ0n) is 11.2. The molecule has 4 nitrogen and oxygen atoms in total. The van der Waals surface area contributed by atoms with Crippen LogP contribution in [0.1, 0.15) is 44.0 Å². The molecule has 2 aromatic rings. The summed E-state index contributed by atoms with van der Waals surface area (Å²) in [4.78, 5) is 4.74. The normalized spacial score (nSPS) is 13.4. The largest absolute Gasteiger partial charge is 0.283 e. The van der Waals surface area contributed by atoms with Crippen molar-refractivity contribution in [2.45, 2.75) is 39.2 Å². The maximum Gasteiger partial charge on any atom is 0.159 e. The molecule has 1 aliphatic rings. The third-order valence-corrected chi connectivity index (χ3v) is 3.52. The second-order valence-corrected chi connectivity index (χ2v) is 4.85. The molecule has 0 aliphatic carbocycles. The SMILES string of the molecule is CCCCCC1=NCc2nncn2-c2ccccc21. The molecule has 0 fully saturated rings. The average Bonchev–Trinajstić information content (AvgIpc) is 2.86. The van der Waals surface area contributed by atoms with Crippen molar-refractivity contribution in [2.24, 2.45) is 4.99 Å². The van der Waals surface area contributed by atoms with E-state index in [9.17, 15) is 0 Å². The van der Waals surface area contributed by atoms with Crippen molar-refractivity contribution in [2.75, 3.05) is 0 Å². The lowest BCUT2D eigenvalue weighted by molar-refractivity contribution is 0.740. The van der Waals surface area contributed by atoms with Gasteiger partial charge < -0.3 is 0 Å². The Bertz CT molecular complexity index is 598. The molecular formula is C15H18N4. The maximum atomic E-state index is 4.74. The standard InChI is InChI=1S/C15H18N4/c1-2-3-4-8-13-12-7-5-6-9-14(12)19-11-17-18-15(19)10-16-13/h5-7,9,11H,2-4,8,10H2,1H3. The van der Waals surface area contributed by atoms with Crippen molar-refractivity contribution in [1.29, 1.82) is 0 Å². The summed E-state index contributed by atoms with van der Waals surface area (Å²) in [6.45, 7) is 2.85. The average molecular weight is 254 g/mol. The first-order chi connectivity index (χ1) is 9.40. The maximum absolute atomic E-state index is 4.74. The fourth-order valence-electron chi connectivity index (χ4n) is 2.50. The molecule has 0 bridgehead atoms. The first-order valence-corrected chi connectivity index (χ1v) is 6.92. The van der Waals surface area contributed by atoms with Crippen LogP contribution in [0.25, 0.3) is 5.69 Å². The Kier molecular flexibility index (Phi) is 3.40. The van der Waals surface area contributed by atoms with E-state index in [2.05, 4.69) is 41.4 Å². The van der Waals surface area contributed by atoms with Crippen LogP contribution in [-0.4, -0.2) is 20.5 Å². The van der Waals surface area contributed by atoms with E-state index in [1.807, 2.05) is 4.57 Å². The Morgan fingerprint density at radius 3 is 3.00 bits per heavy atom. The number of hydrogen-bond acceptors (Lipinski definition) is 3. The summed E-state index contributed by atoms with van der Waals surface area (Å²) < 4.78 is 2.05. The van der Waals surface area contributed by atoms with Gasteiger partial charge in [-0.1, -0.05) is 38.0 Å². The second kappa shape index (κ2) is 5.34. The molecule has 0 saturated carbocycles. The lowest BCUT2D eigenvalue weighted by Crippen LogP contribution is -2.05. The van der Waals surface area contributed by atoms with Crippen molar-refractivity contribution < 1.29 is 0 Å². The molecule has 1 aliphatic heterocycles. The van der Waals surface area contributed by atoms with Crippen LogP contribution < -0.4 is 0 Å². The molecule has 0 unspecified atom stereocenters. The van der Waals surface area contributed by atoms with Crippen LogP contribution in [0.2, 0.25) is 0 Å². The molecule has 0 radical (unpaired) electrons. The number of benzene rings is 1. The molecule has 98 valence electrons. The fraction of sp³-hybridized carbons (Fsp3) is 0.400. The third kappa shape index (κ3) is 2.30. The van der Waals surface area contributed by atoms with Gasteiger partial charge in [0.25, 0.3) is 0 Å². The smallest absolute Gasteiger partial charge is 0.159 e. The predicted octanol–water partition coefficient (Wildman–Crippen LogP) is 3.15. The van der Waals surface area contributed by atoms with E-state index in [1.54, 1.807) is 6.33 Å². The fourth-order valence-corrected chi connectivity index (χ4v) is 2.50. The highest BCUT2D eigenvalue weighted by molar-refractivity contribution is 6.03. The van der Waals surface area contributed by atoms with Gasteiger partial charge in [-0.05, 0) is 18.9 Å². The number of fused-ring (bicyclic) bond motifs is 3. The van der Waals surface area contributed by atoms with Crippen LogP contribution in [0.5, 0.6) is 0 Å². The number of nitrogens with zero attached hydrogens (tertiary/aromatic N) is 4. The molecular weight excluding hydrogens is 236 g/mol. The Morgan fingerprint density at radius 2 is 2.11 bits per heavy atom. The van der Waals surface area contributed by atoms with Crippen molar-refractivity contribution in [3.8, 4) is 5.69 Å². The van der Waals surface area contributed by atoms with Crippen LogP contribution in [0.15, 0.2) is 35.6 Å². The topological polar surface area (TPSA) is 43.1 Å². The number of aliphatic imine (C=N–C) groups is 1. The first-order valence-electron chi connectivity index (χ1n) is 6.92. The minimum absolute atomic E-state index is 0.621. The van der Waals surface area contributed by atoms with Gasteiger partial charge >= 0.3 is 0 Å². The van der Waals surface area contributed by atoms with Gasteiger partial charge in [0.15, 0.2) is 5.82 Å². The Balaban J connectivity index is 1.99. The van der Waals surface area contributed by atoms with Crippen LogP contribution in [0.3, 0.4) is 0 Å². The minimum Gasteiger partial charge on any atom is -0.283 e. The van der Waals surface area contributed by atoms with Gasteiger partial charge in [-0.25, -0.2) is 0 Å². The van der Waals surface area contributed by atoms with Crippen LogP contribution >= 0.6 is 0 Å². The monoisotopic (exact) mass is 254 g/mol. The molecule has 4 heteroatoms. The number of aromatic nitrogens is 3. The van der Waals surface area contributed by atoms with Crippen molar-refractivity contribution in [3.05, 3.63) is 42.0 Å². The predicted molar refractivity (Wildman–Crippen MR) is 75.7 cm³/mol. The van der Waals surface area contributed by atoms with Crippen molar-refractivity contribution >= 4 is 5.71 Å². The molecule has 0 N–H and O–H groups in total. The van der Waals surface area contributed by atoms with Crippen molar-refractivity contribution in [1.82, 2.24) is 14.8 Å². The van der Waals surface area contributed by atoms with Gasteiger partial charge in [0, 0.05) is 11.3 Å². The minimum atomic E-state index is 0.621. The summed E-state index contributed by atoms with van der Waals surface area (Å²) in [5, 5.41) is 8.14. The van der Waals surface area contributed by atoms with E-state index in [-0.39, 0.29) is 0 Å². The van der Waals surface area contributed by atoms with Crippen LogP contribution in [0, 0.1) is 0 Å². The third-order valence-electron chi connectivity index (χ3n) is 3.52. The number of rotatable bonds is 4. The van der Waals surface area contributed by atoms with Gasteiger partial charge in [0.05, 0.1) is 12.2 Å². The molecule has 19 heavy (non-hydrogen) atoms. The zero-order chi connectivity index (χ0) is 13.1. The van der Waals surface area contributed by atoms with E-state index in [0.29, 0.717) is 6.54 Å². The van der Waals surface area contributed by atoms with Gasteiger partial charge in [0.1, 0.15) is 6.33 Å². The Labute approximate surface area is 113 Å². The molecule has 1 aromatic carbocycles. The summed E-state index contributed by atoms with van der Waals surface area (Å²) in [5.74, 6) is 0.915. The van der Waals surface area contributed by atoms with E-state index < -0.39 is 0 Å². The lowest BCUT2D eigenvalue weighted by atomic mass is 10.0. The lowest BCUT2D eigenvalue weighted by Gasteiger charge is -2.10. The van der Waals surface area contributed by atoms with Gasteiger partial charge in [-0.15, -0.1) is 10.2 Å². The van der Waals surface area contributed by atoms with Gasteiger partial charge in [0.2, 0.25) is 0 Å². The number of unbranched alkanes of at least 4 members (excludes halogenated alkanes) is 2. The summed E-state index contributed by atoms with van der Waals surface area (Å²) in [5.41, 5.74) is 3.57. The molecule has 0 spiro atoms. The molecule has 1 aromatic heterocycles. The summed E-state index contributed by atoms with van der Waals surface area (Å²) >= 11 is 0. The zero-order valence-corrected chi connectivity index (χ0v) is 11.2.